The SMILES string of the molecule is Cc1cccc(NC(=O)NC2CCN(CC(=N)N)CC2)c1. The van der Waals surface area contributed by atoms with Crippen molar-refractivity contribution in [3.8, 4) is 0 Å². The fraction of sp³-hybridized carbons (Fsp3) is 0.467. The molecular formula is C15H23N5O. The Hall–Kier alpha value is -2.08. The molecule has 0 spiro atoms. The number of benzene rings is 1. The van der Waals surface area contributed by atoms with E-state index in [0.29, 0.717) is 6.54 Å². The van der Waals surface area contributed by atoms with Crippen molar-refractivity contribution >= 4 is 17.6 Å². The van der Waals surface area contributed by atoms with Crippen molar-refractivity contribution in [2.45, 2.75) is 25.8 Å². The second kappa shape index (κ2) is 7.08. The van der Waals surface area contributed by atoms with Crippen molar-refractivity contribution in [1.29, 1.82) is 5.41 Å². The first-order valence-corrected chi connectivity index (χ1v) is 7.22. The molecule has 1 fully saturated rings. The smallest absolute Gasteiger partial charge is 0.319 e. The number of nitrogens with one attached hydrogen (secondary N) is 3. The summed E-state index contributed by atoms with van der Waals surface area (Å²) in [4.78, 5) is 14.1. The lowest BCUT2D eigenvalue weighted by Crippen LogP contribution is -2.47. The molecule has 1 aromatic rings. The predicted molar refractivity (Wildman–Crippen MR) is 84.7 cm³/mol. The van der Waals surface area contributed by atoms with Crippen molar-refractivity contribution in [2.24, 2.45) is 5.73 Å². The zero-order valence-electron chi connectivity index (χ0n) is 12.4. The first kappa shape index (κ1) is 15.3. The number of carbonyl (C=O) groups is 1. The standard InChI is InChI=1S/C15H23N5O/c1-11-3-2-4-13(9-11)19-15(21)18-12-5-7-20(8-6-12)10-14(16)17/h2-4,9,12H,5-8,10H2,1H3,(H3,16,17)(H2,18,19,21). The summed E-state index contributed by atoms with van der Waals surface area (Å²) in [5.74, 6) is 0.193. The molecule has 114 valence electrons. The summed E-state index contributed by atoms with van der Waals surface area (Å²) in [6.45, 7) is 4.22. The van der Waals surface area contributed by atoms with Crippen LogP contribution in [0, 0.1) is 12.3 Å². The van der Waals surface area contributed by atoms with Gasteiger partial charge in [-0.25, -0.2) is 4.79 Å². The van der Waals surface area contributed by atoms with Gasteiger partial charge in [0.05, 0.1) is 6.54 Å². The number of likely N-dealkylation sites (tertiary alicyclic amines) is 1. The van der Waals surface area contributed by atoms with Gasteiger partial charge in [0.2, 0.25) is 0 Å². The molecular weight excluding hydrogens is 266 g/mol. The maximum absolute atomic E-state index is 12.0. The van der Waals surface area contributed by atoms with E-state index in [0.717, 1.165) is 37.2 Å². The number of rotatable bonds is 4. The summed E-state index contributed by atoms with van der Waals surface area (Å²) in [7, 11) is 0. The Balaban J connectivity index is 1.75. The highest BCUT2D eigenvalue weighted by Crippen LogP contribution is 2.12. The van der Waals surface area contributed by atoms with Gasteiger partial charge in [0.1, 0.15) is 5.84 Å². The fourth-order valence-corrected chi connectivity index (χ4v) is 2.55. The summed E-state index contributed by atoms with van der Waals surface area (Å²) in [5.41, 5.74) is 7.32. The van der Waals surface area contributed by atoms with Crippen molar-refractivity contribution < 1.29 is 4.79 Å². The van der Waals surface area contributed by atoms with Crippen molar-refractivity contribution in [3.05, 3.63) is 29.8 Å². The Bertz CT molecular complexity index is 509. The molecule has 0 radical (unpaired) electrons. The maximum atomic E-state index is 12.0. The number of amides is 2. The number of hydrogen-bond acceptors (Lipinski definition) is 3. The fourth-order valence-electron chi connectivity index (χ4n) is 2.55. The summed E-state index contributed by atoms with van der Waals surface area (Å²) in [6, 6.07) is 7.75. The highest BCUT2D eigenvalue weighted by Gasteiger charge is 2.20. The Labute approximate surface area is 125 Å². The van der Waals surface area contributed by atoms with Crippen LogP contribution in [-0.4, -0.2) is 42.4 Å². The molecule has 2 rings (SSSR count). The molecule has 2 amide bonds. The van der Waals surface area contributed by atoms with E-state index in [4.69, 9.17) is 11.1 Å². The molecule has 1 aliphatic heterocycles. The van der Waals surface area contributed by atoms with E-state index in [-0.39, 0.29) is 17.9 Å². The number of urea groups is 1. The Kier molecular flexibility index (Phi) is 5.16. The lowest BCUT2D eigenvalue weighted by molar-refractivity contribution is 0.212. The largest absolute Gasteiger partial charge is 0.387 e. The van der Waals surface area contributed by atoms with E-state index in [9.17, 15) is 4.79 Å². The van der Waals surface area contributed by atoms with Crippen molar-refractivity contribution in [1.82, 2.24) is 10.2 Å². The highest BCUT2D eigenvalue weighted by molar-refractivity contribution is 5.89. The molecule has 21 heavy (non-hydrogen) atoms. The summed E-state index contributed by atoms with van der Waals surface area (Å²) in [6.07, 6.45) is 1.77. The third kappa shape index (κ3) is 5.07. The van der Waals surface area contributed by atoms with Crippen LogP contribution in [0.4, 0.5) is 10.5 Å². The minimum Gasteiger partial charge on any atom is -0.387 e. The first-order chi connectivity index (χ1) is 10.0. The monoisotopic (exact) mass is 289 g/mol. The van der Waals surface area contributed by atoms with Gasteiger partial charge in [-0.2, -0.15) is 0 Å². The van der Waals surface area contributed by atoms with Gasteiger partial charge >= 0.3 is 6.03 Å². The zero-order valence-corrected chi connectivity index (χ0v) is 12.4. The molecule has 0 saturated carbocycles. The van der Waals surface area contributed by atoms with Crippen LogP contribution in [0.2, 0.25) is 0 Å². The molecule has 6 heteroatoms. The van der Waals surface area contributed by atoms with Crippen LogP contribution in [-0.2, 0) is 0 Å². The number of anilines is 1. The molecule has 5 N–H and O–H groups in total. The van der Waals surface area contributed by atoms with Crippen LogP contribution >= 0.6 is 0 Å². The van der Waals surface area contributed by atoms with Gasteiger partial charge < -0.3 is 16.4 Å². The van der Waals surface area contributed by atoms with Gasteiger partial charge in [-0.15, -0.1) is 0 Å². The third-order valence-corrected chi connectivity index (χ3v) is 3.59. The number of nitrogens with zero attached hydrogens (tertiary/aromatic N) is 1. The molecule has 0 atom stereocenters. The summed E-state index contributed by atoms with van der Waals surface area (Å²) >= 11 is 0. The minimum absolute atomic E-state index is 0.161. The Morgan fingerprint density at radius 3 is 2.76 bits per heavy atom. The van der Waals surface area contributed by atoms with Gasteiger partial charge in [0, 0.05) is 24.8 Å². The normalized spacial score (nSPS) is 16.4. The van der Waals surface area contributed by atoms with E-state index < -0.39 is 0 Å². The van der Waals surface area contributed by atoms with E-state index >= 15 is 0 Å². The molecule has 1 aliphatic rings. The van der Waals surface area contributed by atoms with E-state index in [1.54, 1.807) is 0 Å². The first-order valence-electron chi connectivity index (χ1n) is 7.22. The van der Waals surface area contributed by atoms with Crippen LogP contribution in [0.5, 0.6) is 0 Å². The third-order valence-electron chi connectivity index (χ3n) is 3.59. The Morgan fingerprint density at radius 2 is 2.14 bits per heavy atom. The van der Waals surface area contributed by atoms with Crippen LogP contribution in [0.1, 0.15) is 18.4 Å². The number of piperidine rings is 1. The number of nitrogens with two attached hydrogens (primary N) is 1. The van der Waals surface area contributed by atoms with Crippen LogP contribution in [0.15, 0.2) is 24.3 Å². The minimum atomic E-state index is -0.161. The zero-order chi connectivity index (χ0) is 15.2. The second-order valence-electron chi connectivity index (χ2n) is 5.54. The number of carbonyl (C=O) groups excluding carboxylic acids is 1. The quantitative estimate of drug-likeness (QED) is 0.500. The molecule has 1 heterocycles. The molecule has 1 aromatic carbocycles. The number of hydrogen-bond donors (Lipinski definition) is 4. The number of amidine groups is 1. The van der Waals surface area contributed by atoms with Gasteiger partial charge in [0.25, 0.3) is 0 Å². The van der Waals surface area contributed by atoms with Crippen molar-refractivity contribution in [3.63, 3.8) is 0 Å². The highest BCUT2D eigenvalue weighted by atomic mass is 16.2. The molecule has 0 unspecified atom stereocenters. The molecule has 1 saturated heterocycles. The maximum Gasteiger partial charge on any atom is 0.319 e. The van der Waals surface area contributed by atoms with Crippen LogP contribution < -0.4 is 16.4 Å². The van der Waals surface area contributed by atoms with Gasteiger partial charge in [-0.1, -0.05) is 12.1 Å². The van der Waals surface area contributed by atoms with Gasteiger partial charge in [-0.05, 0) is 37.5 Å². The Morgan fingerprint density at radius 1 is 1.43 bits per heavy atom. The lowest BCUT2D eigenvalue weighted by atomic mass is 10.1. The second-order valence-corrected chi connectivity index (χ2v) is 5.54. The van der Waals surface area contributed by atoms with Gasteiger partial charge in [-0.3, -0.25) is 10.3 Å². The predicted octanol–water partition coefficient (Wildman–Crippen LogP) is 1.52. The van der Waals surface area contributed by atoms with Crippen molar-refractivity contribution in [2.75, 3.05) is 25.0 Å². The topological polar surface area (TPSA) is 94.2 Å². The van der Waals surface area contributed by atoms with Gasteiger partial charge in [0.15, 0.2) is 0 Å². The average molecular weight is 289 g/mol. The van der Waals surface area contributed by atoms with Crippen LogP contribution in [0.3, 0.4) is 0 Å². The average Bonchev–Trinajstić information content (AvgIpc) is 2.40. The van der Waals surface area contributed by atoms with E-state index in [2.05, 4.69) is 15.5 Å². The molecule has 6 nitrogen and oxygen atoms in total. The van der Waals surface area contributed by atoms with E-state index in [1.807, 2.05) is 31.2 Å². The molecule has 0 bridgehead atoms. The molecule has 0 aromatic heterocycles. The lowest BCUT2D eigenvalue weighted by Gasteiger charge is -2.31. The molecule has 0 aliphatic carbocycles. The summed E-state index contributed by atoms with van der Waals surface area (Å²) < 4.78 is 0. The van der Waals surface area contributed by atoms with E-state index in [1.165, 1.54) is 0 Å². The number of aryl methyl sites for hydroxylation is 1. The summed E-state index contributed by atoms with van der Waals surface area (Å²) in [5, 5.41) is 13.1. The van der Waals surface area contributed by atoms with Crippen LogP contribution in [0.25, 0.3) is 0 Å².